The number of esters is 2. The summed E-state index contributed by atoms with van der Waals surface area (Å²) in [6, 6.07) is 7.36. The van der Waals surface area contributed by atoms with E-state index in [1.54, 1.807) is 18.4 Å². The fraction of sp³-hybridized carbons (Fsp3) is 0.818. The van der Waals surface area contributed by atoms with Crippen LogP contribution in [-0.4, -0.2) is 339 Å². The second-order valence-corrected chi connectivity index (χ2v) is 21.9. The van der Waals surface area contributed by atoms with Crippen molar-refractivity contribution < 1.29 is 128 Å². The first-order valence-electron chi connectivity index (χ1n) is 33.9. The van der Waals surface area contributed by atoms with Crippen molar-refractivity contribution in [3.8, 4) is 10.4 Å². The molecule has 1 fully saturated rings. The van der Waals surface area contributed by atoms with Crippen LogP contribution >= 0.6 is 11.3 Å². The Morgan fingerprint density at radius 2 is 0.701 bits per heavy atom. The Labute approximate surface area is 577 Å². The summed E-state index contributed by atoms with van der Waals surface area (Å²) in [4.78, 5) is 43.0. The molecule has 1 aromatic carbocycles. The standard InChI is InChI=1S/C66H115N3O27S/c1-57(59-4-6-60(7-5-59)65-58(2)68-56-97-65)69-66(72)62-54-61(55-67-62)96-64(71)9-8-63(70)95-53-52-94-51-50-93-49-48-92-47-46-91-45-44-90-43-42-89-41-40-88-39-38-87-37-36-86-35-34-85-33-32-84-31-30-83-29-28-82-27-26-81-25-24-80-23-22-79-21-20-78-19-18-77-17-16-76-15-14-75-13-12-74-11-10-73-3/h4-7,56-57,61-62,67H,8-55H2,1-3H3,(H,69,72)/t57-,61?,62?/m0/s1. The number of hydrogen-bond donors (Lipinski definition) is 2. The Bertz CT molecular complexity index is 2080. The number of carbonyl (C=O) groups excluding carboxylic acids is 3. The number of benzene rings is 1. The lowest BCUT2D eigenvalue weighted by Crippen LogP contribution is -2.41. The summed E-state index contributed by atoms with van der Waals surface area (Å²) >= 11 is 1.59. The van der Waals surface area contributed by atoms with Crippen LogP contribution in [0, 0.1) is 6.92 Å². The van der Waals surface area contributed by atoms with E-state index < -0.39 is 24.1 Å². The number of amides is 1. The Hall–Kier alpha value is -3.66. The second-order valence-electron chi connectivity index (χ2n) is 21.0. The monoisotopic (exact) mass is 1410 g/mol. The van der Waals surface area contributed by atoms with Crippen LogP contribution < -0.4 is 10.6 Å². The number of nitrogens with one attached hydrogen (secondary N) is 2. The molecular weight excluding hydrogens is 1300 g/mol. The molecule has 1 saturated heterocycles. The van der Waals surface area contributed by atoms with E-state index in [1.165, 1.54) is 0 Å². The highest BCUT2D eigenvalue weighted by Crippen LogP contribution is 2.28. The van der Waals surface area contributed by atoms with E-state index in [9.17, 15) is 14.4 Å². The molecular formula is C66H115N3O27S. The molecule has 0 radical (unpaired) electrons. The highest BCUT2D eigenvalue weighted by Gasteiger charge is 2.32. The number of carbonyl (C=O) groups is 3. The Kier molecular flexibility index (Phi) is 60.4. The Morgan fingerprint density at radius 1 is 0.423 bits per heavy atom. The van der Waals surface area contributed by atoms with Crippen LogP contribution in [0.4, 0.5) is 0 Å². The van der Waals surface area contributed by atoms with Gasteiger partial charge in [-0.05, 0) is 25.0 Å². The molecule has 1 aliphatic rings. The Balaban J connectivity index is 0.882. The Morgan fingerprint density at radius 3 is 0.979 bits per heavy atom. The molecule has 0 bridgehead atoms. The molecule has 2 N–H and O–H groups in total. The maximum Gasteiger partial charge on any atom is 0.306 e. The third-order valence-electron chi connectivity index (χ3n) is 13.4. The number of thiazole rings is 1. The van der Waals surface area contributed by atoms with Gasteiger partial charge in [-0.25, -0.2) is 4.98 Å². The third-order valence-corrected chi connectivity index (χ3v) is 14.4. The zero-order valence-electron chi connectivity index (χ0n) is 57.9. The van der Waals surface area contributed by atoms with Crippen molar-refractivity contribution in [1.82, 2.24) is 15.6 Å². The molecule has 1 amide bonds. The molecule has 97 heavy (non-hydrogen) atoms. The van der Waals surface area contributed by atoms with Crippen molar-refractivity contribution in [2.24, 2.45) is 0 Å². The largest absolute Gasteiger partial charge is 0.463 e. The van der Waals surface area contributed by atoms with Gasteiger partial charge in [-0.2, -0.15) is 0 Å². The number of aryl methyl sites for hydroxylation is 1. The minimum absolute atomic E-state index is 0.0525. The van der Waals surface area contributed by atoms with E-state index >= 15 is 0 Å². The number of ether oxygens (including phenoxy) is 24. The van der Waals surface area contributed by atoms with Gasteiger partial charge in [-0.1, -0.05) is 24.3 Å². The van der Waals surface area contributed by atoms with Crippen LogP contribution in [0.15, 0.2) is 29.8 Å². The van der Waals surface area contributed by atoms with Gasteiger partial charge in [-0.15, -0.1) is 11.3 Å². The van der Waals surface area contributed by atoms with E-state index in [-0.39, 0.29) is 38.0 Å². The average Bonchev–Trinajstić information content (AvgIpc) is 1.85. The number of aromatic nitrogens is 1. The number of methoxy groups -OCH3 is 1. The second kappa shape index (κ2) is 66.9. The molecule has 1 aromatic heterocycles. The molecule has 3 rings (SSSR count). The minimum Gasteiger partial charge on any atom is -0.463 e. The van der Waals surface area contributed by atoms with Crippen LogP contribution in [0.3, 0.4) is 0 Å². The fourth-order valence-corrected chi connectivity index (χ4v) is 9.08. The molecule has 0 saturated carbocycles. The van der Waals surface area contributed by atoms with E-state index in [2.05, 4.69) is 15.6 Å². The molecule has 2 heterocycles. The molecule has 31 heteroatoms. The normalized spacial score (nSPS) is 14.2. The highest BCUT2D eigenvalue weighted by atomic mass is 32.1. The van der Waals surface area contributed by atoms with E-state index in [0.29, 0.717) is 290 Å². The predicted molar refractivity (Wildman–Crippen MR) is 354 cm³/mol. The summed E-state index contributed by atoms with van der Waals surface area (Å²) in [5.74, 6) is -1.22. The van der Waals surface area contributed by atoms with Crippen molar-refractivity contribution in [3.63, 3.8) is 0 Å². The summed E-state index contributed by atoms with van der Waals surface area (Å²) in [7, 11) is 1.64. The lowest BCUT2D eigenvalue weighted by Gasteiger charge is -2.18. The van der Waals surface area contributed by atoms with Gasteiger partial charge in [0.1, 0.15) is 12.7 Å². The van der Waals surface area contributed by atoms with Gasteiger partial charge in [0.05, 0.1) is 325 Å². The smallest absolute Gasteiger partial charge is 0.306 e. The molecule has 0 spiro atoms. The number of hydrogen-bond acceptors (Lipinski definition) is 30. The van der Waals surface area contributed by atoms with Crippen LogP contribution in [0.25, 0.3) is 10.4 Å². The molecule has 2 unspecified atom stereocenters. The van der Waals surface area contributed by atoms with Crippen LogP contribution in [-0.2, 0) is 128 Å². The molecule has 2 aromatic rings. The topological polar surface area (TPSA) is 310 Å². The van der Waals surface area contributed by atoms with Crippen molar-refractivity contribution in [2.75, 3.05) is 304 Å². The zero-order chi connectivity index (χ0) is 69.0. The lowest BCUT2D eigenvalue weighted by atomic mass is 10.0. The van der Waals surface area contributed by atoms with Gasteiger partial charge in [0.25, 0.3) is 0 Å². The fourth-order valence-electron chi connectivity index (χ4n) is 8.27. The highest BCUT2D eigenvalue weighted by molar-refractivity contribution is 7.13. The van der Waals surface area contributed by atoms with Crippen LogP contribution in [0.2, 0.25) is 0 Å². The summed E-state index contributed by atoms with van der Waals surface area (Å²) in [6.07, 6.45) is -0.370. The molecule has 562 valence electrons. The summed E-state index contributed by atoms with van der Waals surface area (Å²) < 4.78 is 131. The SMILES string of the molecule is COCCOCCOCCOCCOCCOCCOCCOCCOCCOCCOCCOCCOCCOCCOCCOCCOCCOCCOCCOCCOCCOCCOC(=O)CCC(=O)OC1CNC(C(=O)N[C@@H](C)c2ccc(-c3scnc3C)cc2)C1. The first-order chi connectivity index (χ1) is 47.9. The van der Waals surface area contributed by atoms with Crippen molar-refractivity contribution in [1.29, 1.82) is 0 Å². The van der Waals surface area contributed by atoms with Gasteiger partial charge < -0.3 is 124 Å². The lowest BCUT2D eigenvalue weighted by molar-refractivity contribution is -0.153. The average molecular weight is 1410 g/mol. The molecule has 1 aliphatic heterocycles. The van der Waals surface area contributed by atoms with Gasteiger partial charge in [0.15, 0.2) is 0 Å². The molecule has 3 atom stereocenters. The maximum absolute atomic E-state index is 13.0. The van der Waals surface area contributed by atoms with E-state index in [4.69, 9.17) is 114 Å². The number of nitrogens with zero attached hydrogens (tertiary/aromatic N) is 1. The van der Waals surface area contributed by atoms with Gasteiger partial charge in [0, 0.05) is 20.1 Å². The van der Waals surface area contributed by atoms with E-state index in [0.717, 1.165) is 21.7 Å². The van der Waals surface area contributed by atoms with Crippen molar-refractivity contribution in [3.05, 3.63) is 41.0 Å². The maximum atomic E-state index is 13.0. The van der Waals surface area contributed by atoms with Crippen LogP contribution in [0.5, 0.6) is 0 Å². The molecule has 30 nitrogen and oxygen atoms in total. The van der Waals surface area contributed by atoms with Gasteiger partial charge in [0.2, 0.25) is 5.91 Å². The predicted octanol–water partition coefficient (Wildman–Crippen LogP) is 2.89. The van der Waals surface area contributed by atoms with Crippen molar-refractivity contribution in [2.45, 2.75) is 51.3 Å². The third kappa shape index (κ3) is 53.8. The molecule has 0 aliphatic carbocycles. The first-order valence-corrected chi connectivity index (χ1v) is 34.8. The van der Waals surface area contributed by atoms with Gasteiger partial charge in [-0.3, -0.25) is 14.4 Å². The quantitative estimate of drug-likeness (QED) is 0.0710. The summed E-state index contributed by atoms with van der Waals surface area (Å²) in [5, 5.41) is 6.16. The number of rotatable bonds is 74. The van der Waals surface area contributed by atoms with E-state index in [1.807, 2.05) is 43.6 Å². The van der Waals surface area contributed by atoms with Crippen LogP contribution in [0.1, 0.15) is 43.5 Å². The summed E-state index contributed by atoms with van der Waals surface area (Å²) in [6.45, 7) is 24.4. The van der Waals surface area contributed by atoms with Gasteiger partial charge >= 0.3 is 11.9 Å². The zero-order valence-corrected chi connectivity index (χ0v) is 58.8. The minimum atomic E-state index is -0.527. The van der Waals surface area contributed by atoms with Crippen molar-refractivity contribution >= 4 is 29.2 Å². The summed E-state index contributed by atoms with van der Waals surface area (Å²) in [5.41, 5.74) is 4.88. The first kappa shape index (κ1) is 87.6.